The van der Waals surface area contributed by atoms with E-state index in [1.54, 1.807) is 4.68 Å². The Morgan fingerprint density at radius 1 is 1.44 bits per heavy atom. The first kappa shape index (κ1) is 13.5. The molecule has 0 saturated carbocycles. The molecule has 6 heteroatoms. The number of ether oxygens (including phenoxy) is 1. The van der Waals surface area contributed by atoms with Crippen LogP contribution in [0.5, 0.6) is 0 Å². The molecule has 1 aromatic heterocycles. The Hall–Kier alpha value is -0.980. The van der Waals surface area contributed by atoms with Crippen LogP contribution in [0.3, 0.4) is 0 Å². The van der Waals surface area contributed by atoms with Crippen LogP contribution in [-0.4, -0.2) is 46.5 Å². The van der Waals surface area contributed by atoms with E-state index < -0.39 is 0 Å². The monoisotopic (exact) mass is 254 g/mol. The van der Waals surface area contributed by atoms with Crippen molar-refractivity contribution in [2.24, 2.45) is 5.92 Å². The van der Waals surface area contributed by atoms with Gasteiger partial charge in [0.2, 0.25) is 0 Å². The van der Waals surface area contributed by atoms with Crippen molar-refractivity contribution < 1.29 is 9.84 Å². The van der Waals surface area contributed by atoms with Crippen LogP contribution in [0.25, 0.3) is 0 Å². The van der Waals surface area contributed by atoms with Gasteiger partial charge < -0.3 is 15.2 Å². The minimum absolute atomic E-state index is 0.192. The topological polar surface area (TPSA) is 72.2 Å². The van der Waals surface area contributed by atoms with Crippen molar-refractivity contribution in [2.75, 3.05) is 26.4 Å². The molecule has 0 aromatic carbocycles. The van der Waals surface area contributed by atoms with E-state index >= 15 is 0 Å². The lowest BCUT2D eigenvalue weighted by Gasteiger charge is -2.21. The van der Waals surface area contributed by atoms with Gasteiger partial charge in [-0.2, -0.15) is 0 Å². The highest BCUT2D eigenvalue weighted by atomic mass is 16.5. The lowest BCUT2D eigenvalue weighted by molar-refractivity contribution is 0.0662. The third-order valence-electron chi connectivity index (χ3n) is 3.21. The zero-order valence-corrected chi connectivity index (χ0v) is 10.7. The van der Waals surface area contributed by atoms with Gasteiger partial charge in [0.25, 0.3) is 0 Å². The fraction of sp³-hybridized carbons (Fsp3) is 0.833. The number of aryl methyl sites for hydroxylation is 1. The first-order chi connectivity index (χ1) is 8.88. The molecule has 2 N–H and O–H groups in total. The van der Waals surface area contributed by atoms with Crippen LogP contribution < -0.4 is 5.32 Å². The minimum atomic E-state index is 0.192. The molecule has 0 unspecified atom stereocenters. The maximum atomic E-state index is 8.74. The van der Waals surface area contributed by atoms with Gasteiger partial charge in [0.05, 0.1) is 5.69 Å². The second-order valence-electron chi connectivity index (χ2n) is 4.74. The number of nitrogens with zero attached hydrogens (tertiary/aromatic N) is 3. The quantitative estimate of drug-likeness (QED) is 0.726. The highest BCUT2D eigenvalue weighted by molar-refractivity contribution is 4.91. The molecule has 0 radical (unpaired) electrons. The van der Waals surface area contributed by atoms with Crippen LogP contribution in [0, 0.1) is 5.92 Å². The van der Waals surface area contributed by atoms with E-state index in [4.69, 9.17) is 9.84 Å². The summed E-state index contributed by atoms with van der Waals surface area (Å²) in [4.78, 5) is 0. The van der Waals surface area contributed by atoms with Crippen LogP contribution in [0.1, 0.15) is 25.0 Å². The fourth-order valence-corrected chi connectivity index (χ4v) is 2.12. The highest BCUT2D eigenvalue weighted by Gasteiger charge is 2.13. The van der Waals surface area contributed by atoms with Crippen LogP contribution in [0.4, 0.5) is 0 Å². The molecule has 1 aromatic rings. The van der Waals surface area contributed by atoms with Crippen molar-refractivity contribution in [3.63, 3.8) is 0 Å². The molecule has 6 nitrogen and oxygen atoms in total. The third kappa shape index (κ3) is 4.36. The van der Waals surface area contributed by atoms with Crippen molar-refractivity contribution in [1.82, 2.24) is 20.3 Å². The summed E-state index contributed by atoms with van der Waals surface area (Å²) in [7, 11) is 0. The molecule has 0 atom stereocenters. The zero-order valence-electron chi connectivity index (χ0n) is 10.7. The molecule has 2 rings (SSSR count). The Bertz CT molecular complexity index is 337. The summed E-state index contributed by atoms with van der Waals surface area (Å²) in [5.41, 5.74) is 0.958. The van der Waals surface area contributed by atoms with E-state index in [1.807, 2.05) is 6.20 Å². The number of rotatable bonds is 7. The van der Waals surface area contributed by atoms with Crippen molar-refractivity contribution in [3.05, 3.63) is 11.9 Å². The number of hydrogen-bond donors (Lipinski definition) is 2. The summed E-state index contributed by atoms with van der Waals surface area (Å²) in [5, 5.41) is 20.3. The Morgan fingerprint density at radius 2 is 2.28 bits per heavy atom. The largest absolute Gasteiger partial charge is 0.396 e. The van der Waals surface area contributed by atoms with E-state index in [-0.39, 0.29) is 6.61 Å². The van der Waals surface area contributed by atoms with Gasteiger partial charge in [-0.3, -0.25) is 4.68 Å². The van der Waals surface area contributed by atoms with E-state index in [9.17, 15) is 0 Å². The lowest BCUT2D eigenvalue weighted by atomic mass is 10.0. The van der Waals surface area contributed by atoms with Crippen molar-refractivity contribution in [3.8, 4) is 0 Å². The van der Waals surface area contributed by atoms with Gasteiger partial charge >= 0.3 is 0 Å². The maximum absolute atomic E-state index is 8.74. The molecular weight excluding hydrogens is 232 g/mol. The molecule has 1 aliphatic rings. The summed E-state index contributed by atoms with van der Waals surface area (Å²) in [5.74, 6) is 0.725. The second kappa shape index (κ2) is 7.45. The van der Waals surface area contributed by atoms with Crippen LogP contribution >= 0.6 is 0 Å². The first-order valence-corrected chi connectivity index (χ1v) is 6.67. The predicted molar refractivity (Wildman–Crippen MR) is 67.0 cm³/mol. The summed E-state index contributed by atoms with van der Waals surface area (Å²) in [6.45, 7) is 4.48. The number of aliphatic hydroxyl groups is 1. The average Bonchev–Trinajstić information content (AvgIpc) is 2.85. The van der Waals surface area contributed by atoms with Crippen LogP contribution in [-0.2, 0) is 17.8 Å². The van der Waals surface area contributed by atoms with Gasteiger partial charge in [0.15, 0.2) is 0 Å². The number of aliphatic hydroxyl groups excluding tert-OH is 1. The molecule has 18 heavy (non-hydrogen) atoms. The average molecular weight is 254 g/mol. The minimum Gasteiger partial charge on any atom is -0.396 e. The molecule has 1 fully saturated rings. The number of hydrogen-bond acceptors (Lipinski definition) is 5. The van der Waals surface area contributed by atoms with Crippen molar-refractivity contribution in [1.29, 1.82) is 0 Å². The molecule has 0 spiro atoms. The Labute approximate surface area is 107 Å². The van der Waals surface area contributed by atoms with E-state index in [1.165, 1.54) is 0 Å². The SMILES string of the molecule is OCCCn1cc(CNCC2CCOCC2)nn1. The first-order valence-electron chi connectivity index (χ1n) is 6.67. The normalized spacial score (nSPS) is 17.2. The Kier molecular flexibility index (Phi) is 5.57. The van der Waals surface area contributed by atoms with E-state index in [2.05, 4.69) is 15.6 Å². The summed E-state index contributed by atoms with van der Waals surface area (Å²) in [6.07, 6.45) is 4.96. The highest BCUT2D eigenvalue weighted by Crippen LogP contribution is 2.13. The molecule has 102 valence electrons. The summed E-state index contributed by atoms with van der Waals surface area (Å²) < 4.78 is 7.11. The number of aromatic nitrogens is 3. The van der Waals surface area contributed by atoms with Gasteiger partial charge in [-0.25, -0.2) is 0 Å². The third-order valence-corrected chi connectivity index (χ3v) is 3.21. The van der Waals surface area contributed by atoms with Crippen LogP contribution in [0.15, 0.2) is 6.20 Å². The molecule has 0 amide bonds. The zero-order chi connectivity index (χ0) is 12.6. The van der Waals surface area contributed by atoms with Crippen molar-refractivity contribution in [2.45, 2.75) is 32.4 Å². The molecular formula is C12H22N4O2. The summed E-state index contributed by atoms with van der Waals surface area (Å²) >= 11 is 0. The lowest BCUT2D eigenvalue weighted by Crippen LogP contribution is -2.27. The van der Waals surface area contributed by atoms with E-state index in [0.29, 0.717) is 0 Å². The second-order valence-corrected chi connectivity index (χ2v) is 4.74. The Balaban J connectivity index is 1.64. The summed E-state index contributed by atoms with van der Waals surface area (Å²) in [6, 6.07) is 0. The van der Waals surface area contributed by atoms with Gasteiger partial charge in [-0.05, 0) is 31.7 Å². The van der Waals surface area contributed by atoms with Crippen LogP contribution in [0.2, 0.25) is 0 Å². The molecule has 0 bridgehead atoms. The van der Waals surface area contributed by atoms with Gasteiger partial charge in [-0.15, -0.1) is 5.10 Å². The smallest absolute Gasteiger partial charge is 0.0964 e. The maximum Gasteiger partial charge on any atom is 0.0964 e. The standard InChI is InChI=1S/C12H22N4O2/c17-5-1-4-16-10-12(14-15-16)9-13-8-11-2-6-18-7-3-11/h10-11,13,17H,1-9H2. The van der Waals surface area contributed by atoms with Crippen molar-refractivity contribution >= 4 is 0 Å². The fourth-order valence-electron chi connectivity index (χ4n) is 2.12. The molecule has 2 heterocycles. The Morgan fingerprint density at radius 3 is 3.06 bits per heavy atom. The number of nitrogens with one attached hydrogen (secondary N) is 1. The molecule has 1 saturated heterocycles. The van der Waals surface area contributed by atoms with Gasteiger partial charge in [-0.1, -0.05) is 5.21 Å². The van der Waals surface area contributed by atoms with Gasteiger partial charge in [0, 0.05) is 39.1 Å². The predicted octanol–water partition coefficient (Wildman–Crippen LogP) is 0.177. The van der Waals surface area contributed by atoms with E-state index in [0.717, 1.165) is 63.7 Å². The molecule has 0 aliphatic carbocycles. The van der Waals surface area contributed by atoms with Gasteiger partial charge in [0.1, 0.15) is 0 Å². The molecule has 1 aliphatic heterocycles.